The maximum Gasteiger partial charge on any atom is 0.278 e. The molecule has 0 aliphatic carbocycles. The van der Waals surface area contributed by atoms with E-state index in [9.17, 15) is 17.6 Å². The van der Waals surface area contributed by atoms with Crippen LogP contribution in [0.1, 0.15) is 21.7 Å². The van der Waals surface area contributed by atoms with Crippen LogP contribution in [0.5, 0.6) is 0 Å². The summed E-state index contributed by atoms with van der Waals surface area (Å²) in [7, 11) is -3.68. The first kappa shape index (κ1) is 18.7. The van der Waals surface area contributed by atoms with E-state index in [2.05, 4.69) is 15.6 Å². The molecule has 0 aliphatic rings. The lowest BCUT2D eigenvalue weighted by molar-refractivity contribution is 0.102. The number of carbonyl (C=O) groups is 1. The van der Waals surface area contributed by atoms with Crippen LogP contribution < -0.4 is 10.5 Å². The van der Waals surface area contributed by atoms with Crippen molar-refractivity contribution >= 4 is 21.6 Å². The van der Waals surface area contributed by atoms with Gasteiger partial charge >= 0.3 is 0 Å². The zero-order valence-electron chi connectivity index (χ0n) is 14.3. The number of hydrogen-bond donors (Lipinski definition) is 2. The summed E-state index contributed by atoms with van der Waals surface area (Å²) < 4.78 is 36.9. The molecule has 0 aliphatic heterocycles. The van der Waals surface area contributed by atoms with Gasteiger partial charge in [0.05, 0.1) is 17.1 Å². The van der Waals surface area contributed by atoms with Crippen LogP contribution in [0.2, 0.25) is 0 Å². The molecular weight excluding hydrogens is 373 g/mol. The fourth-order valence-corrected chi connectivity index (χ4v) is 3.17. The third kappa shape index (κ3) is 4.54. The zero-order chi connectivity index (χ0) is 19.6. The highest BCUT2D eigenvalue weighted by Crippen LogP contribution is 2.16. The predicted molar refractivity (Wildman–Crippen MR) is 97.3 cm³/mol. The first-order valence-electron chi connectivity index (χ1n) is 7.82. The molecule has 8 nitrogen and oxygen atoms in total. The third-order valence-electron chi connectivity index (χ3n) is 3.73. The molecule has 0 unspecified atom stereocenters. The zero-order valence-corrected chi connectivity index (χ0v) is 15.1. The van der Waals surface area contributed by atoms with Crippen molar-refractivity contribution in [1.29, 1.82) is 0 Å². The van der Waals surface area contributed by atoms with E-state index in [0.29, 0.717) is 22.6 Å². The van der Waals surface area contributed by atoms with E-state index < -0.39 is 15.9 Å². The van der Waals surface area contributed by atoms with Gasteiger partial charge in [-0.05, 0) is 48.9 Å². The number of halogens is 1. The molecule has 10 heteroatoms. The van der Waals surface area contributed by atoms with Crippen molar-refractivity contribution in [3.8, 4) is 5.69 Å². The Balaban J connectivity index is 1.81. The summed E-state index contributed by atoms with van der Waals surface area (Å²) in [6.45, 7) is 1.66. The van der Waals surface area contributed by atoms with Crippen molar-refractivity contribution in [3.05, 3.63) is 71.3 Å². The molecule has 0 radical (unpaired) electrons. The Hall–Kier alpha value is -3.11. The van der Waals surface area contributed by atoms with Crippen LogP contribution in [0.25, 0.3) is 5.69 Å². The molecule has 0 saturated carbocycles. The standard InChI is InChI=1S/C17H16FN5O3S/c1-11-16(21-22-23(11)15-7-5-13(18)6-8-15)17(24)20-14-4-2-3-12(9-14)10-27(19,25)26/h2-9H,10H2,1H3,(H,20,24)(H2,19,25,26). The van der Waals surface area contributed by atoms with Gasteiger partial charge in [0.25, 0.3) is 5.91 Å². The van der Waals surface area contributed by atoms with E-state index in [0.717, 1.165) is 0 Å². The number of aromatic nitrogens is 3. The number of hydrogen-bond acceptors (Lipinski definition) is 5. The summed E-state index contributed by atoms with van der Waals surface area (Å²) in [5.41, 5.74) is 1.98. The first-order valence-corrected chi connectivity index (χ1v) is 9.53. The number of carbonyl (C=O) groups excluding carboxylic acids is 1. The van der Waals surface area contributed by atoms with Gasteiger partial charge in [0, 0.05) is 5.69 Å². The number of amides is 1. The maximum absolute atomic E-state index is 13.1. The molecule has 1 heterocycles. The third-order valence-corrected chi connectivity index (χ3v) is 4.47. The van der Waals surface area contributed by atoms with E-state index in [1.54, 1.807) is 25.1 Å². The molecule has 0 atom stereocenters. The monoisotopic (exact) mass is 389 g/mol. The minimum absolute atomic E-state index is 0.0937. The minimum Gasteiger partial charge on any atom is -0.321 e. The van der Waals surface area contributed by atoms with Crippen LogP contribution in [-0.2, 0) is 15.8 Å². The Morgan fingerprint density at radius 1 is 1.22 bits per heavy atom. The molecule has 0 saturated heterocycles. The summed E-state index contributed by atoms with van der Waals surface area (Å²) in [6.07, 6.45) is 0. The van der Waals surface area contributed by atoms with Crippen LogP contribution in [0.3, 0.4) is 0 Å². The topological polar surface area (TPSA) is 120 Å². The maximum atomic E-state index is 13.1. The van der Waals surface area contributed by atoms with Crippen LogP contribution >= 0.6 is 0 Å². The lowest BCUT2D eigenvalue weighted by atomic mass is 10.2. The van der Waals surface area contributed by atoms with Crippen molar-refractivity contribution in [2.24, 2.45) is 5.14 Å². The predicted octanol–water partition coefficient (Wildman–Crippen LogP) is 1.76. The molecular formula is C17H16FN5O3S. The second kappa shape index (κ2) is 7.25. The van der Waals surface area contributed by atoms with E-state index >= 15 is 0 Å². The number of sulfonamides is 1. The van der Waals surface area contributed by atoms with Gasteiger partial charge < -0.3 is 5.32 Å². The Labute approximate surface area is 154 Å². The van der Waals surface area contributed by atoms with Crippen molar-refractivity contribution in [2.75, 3.05) is 5.32 Å². The average molecular weight is 389 g/mol. The quantitative estimate of drug-likeness (QED) is 0.689. The number of nitrogens with one attached hydrogen (secondary N) is 1. The largest absolute Gasteiger partial charge is 0.321 e. The van der Waals surface area contributed by atoms with E-state index in [1.165, 1.54) is 35.0 Å². The smallest absolute Gasteiger partial charge is 0.278 e. The van der Waals surface area contributed by atoms with Crippen molar-refractivity contribution in [2.45, 2.75) is 12.7 Å². The molecule has 2 aromatic carbocycles. The fraction of sp³-hybridized carbons (Fsp3) is 0.118. The summed E-state index contributed by atoms with van der Waals surface area (Å²) in [6, 6.07) is 12.0. The highest BCUT2D eigenvalue weighted by Gasteiger charge is 2.18. The summed E-state index contributed by atoms with van der Waals surface area (Å²) in [5.74, 6) is -1.22. The van der Waals surface area contributed by atoms with Gasteiger partial charge in [-0.3, -0.25) is 4.79 Å². The van der Waals surface area contributed by atoms with Gasteiger partial charge in [-0.25, -0.2) is 22.6 Å². The molecule has 3 aromatic rings. The SMILES string of the molecule is Cc1c(C(=O)Nc2cccc(CS(N)(=O)=O)c2)nnn1-c1ccc(F)cc1. The molecule has 3 N–H and O–H groups in total. The van der Waals surface area contributed by atoms with E-state index in [4.69, 9.17) is 5.14 Å². The number of primary sulfonamides is 1. The van der Waals surface area contributed by atoms with Crippen molar-refractivity contribution in [3.63, 3.8) is 0 Å². The Kier molecular flexibility index (Phi) is 5.02. The molecule has 1 aromatic heterocycles. The van der Waals surface area contributed by atoms with Gasteiger partial charge in [-0.1, -0.05) is 17.3 Å². The lowest BCUT2D eigenvalue weighted by Gasteiger charge is -2.07. The van der Waals surface area contributed by atoms with E-state index in [1.807, 2.05) is 0 Å². The molecule has 0 fully saturated rings. The van der Waals surface area contributed by atoms with Crippen LogP contribution in [0, 0.1) is 12.7 Å². The van der Waals surface area contributed by atoms with Crippen LogP contribution in [0.4, 0.5) is 10.1 Å². The van der Waals surface area contributed by atoms with Gasteiger partial charge in [-0.15, -0.1) is 5.10 Å². The summed E-state index contributed by atoms with van der Waals surface area (Å²) in [4.78, 5) is 12.5. The van der Waals surface area contributed by atoms with Crippen molar-refractivity contribution in [1.82, 2.24) is 15.0 Å². The number of benzene rings is 2. The molecule has 0 bridgehead atoms. The Morgan fingerprint density at radius 2 is 1.93 bits per heavy atom. The molecule has 0 spiro atoms. The van der Waals surface area contributed by atoms with E-state index in [-0.39, 0.29) is 17.3 Å². The molecule has 3 rings (SSSR count). The number of nitrogens with zero attached hydrogens (tertiary/aromatic N) is 3. The van der Waals surface area contributed by atoms with Gasteiger partial charge in [-0.2, -0.15) is 0 Å². The van der Waals surface area contributed by atoms with Crippen LogP contribution in [-0.4, -0.2) is 29.3 Å². The molecule has 140 valence electrons. The minimum atomic E-state index is -3.68. The number of nitrogens with two attached hydrogens (primary N) is 1. The van der Waals surface area contributed by atoms with Gasteiger partial charge in [0.15, 0.2) is 5.69 Å². The summed E-state index contributed by atoms with van der Waals surface area (Å²) >= 11 is 0. The van der Waals surface area contributed by atoms with Crippen LogP contribution in [0.15, 0.2) is 48.5 Å². The number of anilines is 1. The first-order chi connectivity index (χ1) is 12.7. The van der Waals surface area contributed by atoms with Crippen molar-refractivity contribution < 1.29 is 17.6 Å². The number of rotatable bonds is 5. The summed E-state index contributed by atoms with van der Waals surface area (Å²) in [5, 5.41) is 15.5. The molecule has 1 amide bonds. The average Bonchev–Trinajstić information content (AvgIpc) is 2.96. The second-order valence-corrected chi connectivity index (χ2v) is 7.49. The normalized spacial score (nSPS) is 11.4. The highest BCUT2D eigenvalue weighted by molar-refractivity contribution is 7.88. The van der Waals surface area contributed by atoms with Gasteiger partial charge in [0.2, 0.25) is 10.0 Å². The Bertz CT molecular complexity index is 1090. The van der Waals surface area contributed by atoms with Gasteiger partial charge in [0.1, 0.15) is 5.82 Å². The Morgan fingerprint density at radius 3 is 2.59 bits per heavy atom. The lowest BCUT2D eigenvalue weighted by Crippen LogP contribution is -2.16. The highest BCUT2D eigenvalue weighted by atomic mass is 32.2. The second-order valence-electron chi connectivity index (χ2n) is 5.87. The molecule has 27 heavy (non-hydrogen) atoms. The fourth-order valence-electron chi connectivity index (χ4n) is 2.53.